The van der Waals surface area contributed by atoms with Crippen molar-refractivity contribution in [3.8, 4) is 0 Å². The topological polar surface area (TPSA) is 65.5 Å². The Morgan fingerprint density at radius 3 is 2.55 bits per heavy atom. The Morgan fingerprint density at radius 2 is 2.05 bits per heavy atom. The van der Waals surface area contributed by atoms with Crippen LogP contribution in [-0.2, 0) is 4.79 Å². The van der Waals surface area contributed by atoms with Crippen molar-refractivity contribution in [2.45, 2.75) is 50.8 Å². The maximum Gasteiger partial charge on any atom is 0.239 e. The first kappa shape index (κ1) is 17.1. The van der Waals surface area contributed by atoms with E-state index in [-0.39, 0.29) is 22.7 Å². The molecule has 6 heteroatoms. The highest BCUT2D eigenvalue weighted by Crippen LogP contribution is 2.36. The lowest BCUT2D eigenvalue weighted by Gasteiger charge is -2.25. The minimum atomic E-state index is -0.205. The largest absolute Gasteiger partial charge is 0.355 e. The number of carbonyl (C=O) groups excluding carboxylic acids is 1. The molecule has 1 aliphatic heterocycles. The number of hydrogen-bond acceptors (Lipinski definition) is 3. The van der Waals surface area contributed by atoms with Gasteiger partial charge in [-0.3, -0.25) is 9.79 Å². The van der Waals surface area contributed by atoms with Gasteiger partial charge < -0.3 is 16.0 Å². The number of hydrogen-bond donors (Lipinski definition) is 3. The molecule has 20 heavy (non-hydrogen) atoms. The third kappa shape index (κ3) is 6.50. The molecule has 1 atom stereocenters. The number of amides is 1. The van der Waals surface area contributed by atoms with Gasteiger partial charge in [0.25, 0.3) is 0 Å². The third-order valence-corrected chi connectivity index (χ3v) is 4.62. The molecule has 1 heterocycles. The number of carbonyl (C=O) groups is 1. The predicted octanol–water partition coefficient (Wildman–Crippen LogP) is 1.35. The van der Waals surface area contributed by atoms with E-state index in [2.05, 4.69) is 27.9 Å². The molecule has 1 saturated heterocycles. The summed E-state index contributed by atoms with van der Waals surface area (Å²) in [6.45, 7) is 9.29. The van der Waals surface area contributed by atoms with Crippen LogP contribution in [0.2, 0.25) is 0 Å². The van der Waals surface area contributed by atoms with Crippen LogP contribution in [0.1, 0.15) is 40.5 Å². The highest BCUT2D eigenvalue weighted by atomic mass is 32.2. The second-order valence-corrected chi connectivity index (χ2v) is 8.16. The predicted molar refractivity (Wildman–Crippen MR) is 87.4 cm³/mol. The van der Waals surface area contributed by atoms with Gasteiger partial charge in [-0.1, -0.05) is 0 Å². The minimum Gasteiger partial charge on any atom is -0.355 e. The van der Waals surface area contributed by atoms with Crippen molar-refractivity contribution in [2.24, 2.45) is 4.99 Å². The zero-order chi connectivity index (χ0) is 15.2. The molecule has 0 radical (unpaired) electrons. The lowest BCUT2D eigenvalue weighted by Crippen LogP contribution is -2.49. The number of thioether (sulfide) groups is 1. The summed E-state index contributed by atoms with van der Waals surface area (Å²) < 4.78 is 0.283. The van der Waals surface area contributed by atoms with E-state index in [0.29, 0.717) is 5.96 Å². The van der Waals surface area contributed by atoms with E-state index in [4.69, 9.17) is 0 Å². The molecule has 1 aliphatic rings. The van der Waals surface area contributed by atoms with E-state index in [9.17, 15) is 4.79 Å². The fourth-order valence-electron chi connectivity index (χ4n) is 2.09. The van der Waals surface area contributed by atoms with E-state index >= 15 is 0 Å². The van der Waals surface area contributed by atoms with E-state index in [1.165, 1.54) is 18.6 Å². The average molecular weight is 300 g/mol. The molecule has 0 saturated carbocycles. The number of guanidine groups is 1. The van der Waals surface area contributed by atoms with Gasteiger partial charge in [-0.15, -0.1) is 0 Å². The summed E-state index contributed by atoms with van der Waals surface area (Å²) in [5.74, 6) is 1.89. The number of rotatable bonds is 4. The van der Waals surface area contributed by atoms with Crippen molar-refractivity contribution in [3.05, 3.63) is 0 Å². The van der Waals surface area contributed by atoms with Crippen LogP contribution in [-0.4, -0.2) is 48.0 Å². The molecule has 1 amide bonds. The van der Waals surface area contributed by atoms with Crippen LogP contribution in [0.3, 0.4) is 0 Å². The molecule has 1 rings (SSSR count). The Bertz CT molecular complexity index is 357. The van der Waals surface area contributed by atoms with Crippen LogP contribution in [0.4, 0.5) is 0 Å². The SMILES string of the molecule is CN=C(NCC(=O)NC(C)(C)C)NCC1(C)CCCS1. The van der Waals surface area contributed by atoms with Gasteiger partial charge in [0.1, 0.15) is 0 Å². The summed E-state index contributed by atoms with van der Waals surface area (Å²) in [5, 5.41) is 9.27. The molecule has 0 aromatic heterocycles. The molecule has 0 aromatic carbocycles. The standard InChI is InChI=1S/C14H28N4OS/c1-13(2,3)18-11(19)9-16-12(15-5)17-10-14(4)7-6-8-20-14/h6-10H2,1-5H3,(H,18,19)(H2,15,16,17). The van der Waals surface area contributed by atoms with Gasteiger partial charge in [-0.2, -0.15) is 11.8 Å². The van der Waals surface area contributed by atoms with Crippen molar-refractivity contribution in [2.75, 3.05) is 25.9 Å². The molecule has 116 valence electrons. The van der Waals surface area contributed by atoms with Crippen LogP contribution in [0.15, 0.2) is 4.99 Å². The van der Waals surface area contributed by atoms with Gasteiger partial charge in [0.15, 0.2) is 5.96 Å². The van der Waals surface area contributed by atoms with Crippen LogP contribution < -0.4 is 16.0 Å². The maximum absolute atomic E-state index is 11.7. The first-order valence-corrected chi connectivity index (χ1v) is 8.12. The quantitative estimate of drug-likeness (QED) is 0.542. The van der Waals surface area contributed by atoms with Crippen molar-refractivity contribution >= 4 is 23.6 Å². The fraction of sp³-hybridized carbons (Fsp3) is 0.857. The van der Waals surface area contributed by atoms with Gasteiger partial charge in [-0.05, 0) is 46.3 Å². The van der Waals surface area contributed by atoms with Gasteiger partial charge in [-0.25, -0.2) is 0 Å². The summed E-state index contributed by atoms with van der Waals surface area (Å²) in [7, 11) is 1.72. The van der Waals surface area contributed by atoms with E-state index in [1.807, 2.05) is 32.5 Å². The number of nitrogens with zero attached hydrogens (tertiary/aromatic N) is 1. The Hall–Kier alpha value is -0.910. The second-order valence-electron chi connectivity index (χ2n) is 6.48. The zero-order valence-corrected chi connectivity index (χ0v) is 14.1. The monoisotopic (exact) mass is 300 g/mol. The summed E-state index contributed by atoms with van der Waals surface area (Å²) >= 11 is 2.00. The van der Waals surface area contributed by atoms with E-state index in [1.54, 1.807) is 7.05 Å². The molecular weight excluding hydrogens is 272 g/mol. The fourth-order valence-corrected chi connectivity index (χ4v) is 3.34. The molecule has 1 fully saturated rings. The molecule has 1 unspecified atom stereocenters. The highest BCUT2D eigenvalue weighted by Gasteiger charge is 2.29. The molecule has 0 aliphatic carbocycles. The number of aliphatic imine (C=N–C) groups is 1. The molecule has 3 N–H and O–H groups in total. The Labute approximate surface area is 126 Å². The van der Waals surface area contributed by atoms with Crippen molar-refractivity contribution in [1.29, 1.82) is 0 Å². The highest BCUT2D eigenvalue weighted by molar-refractivity contribution is 8.00. The Balaban J connectivity index is 2.31. The van der Waals surface area contributed by atoms with Gasteiger partial charge in [0.2, 0.25) is 5.91 Å². The molecule has 0 spiro atoms. The normalized spacial score (nSPS) is 23.6. The lowest BCUT2D eigenvalue weighted by atomic mass is 10.1. The first-order valence-electron chi connectivity index (χ1n) is 7.14. The summed E-state index contributed by atoms with van der Waals surface area (Å²) in [6.07, 6.45) is 2.51. The molecule has 0 aromatic rings. The van der Waals surface area contributed by atoms with Crippen LogP contribution >= 0.6 is 11.8 Å². The average Bonchev–Trinajstić information content (AvgIpc) is 2.74. The Kier molecular flexibility index (Phi) is 6.17. The van der Waals surface area contributed by atoms with Gasteiger partial charge >= 0.3 is 0 Å². The third-order valence-electron chi connectivity index (χ3n) is 3.08. The molecular formula is C14H28N4OS. The van der Waals surface area contributed by atoms with E-state index < -0.39 is 0 Å². The molecule has 5 nitrogen and oxygen atoms in total. The molecule has 0 bridgehead atoms. The summed E-state index contributed by atoms with van der Waals surface area (Å²) in [5.41, 5.74) is -0.205. The van der Waals surface area contributed by atoms with Crippen molar-refractivity contribution in [3.63, 3.8) is 0 Å². The Morgan fingerprint density at radius 1 is 1.35 bits per heavy atom. The number of nitrogens with one attached hydrogen (secondary N) is 3. The summed E-state index contributed by atoms with van der Waals surface area (Å²) in [4.78, 5) is 15.9. The minimum absolute atomic E-state index is 0.0260. The zero-order valence-electron chi connectivity index (χ0n) is 13.3. The smallest absolute Gasteiger partial charge is 0.239 e. The van der Waals surface area contributed by atoms with Gasteiger partial charge in [0, 0.05) is 23.9 Å². The lowest BCUT2D eigenvalue weighted by molar-refractivity contribution is -0.121. The van der Waals surface area contributed by atoms with Crippen LogP contribution in [0.5, 0.6) is 0 Å². The van der Waals surface area contributed by atoms with Crippen molar-refractivity contribution in [1.82, 2.24) is 16.0 Å². The van der Waals surface area contributed by atoms with E-state index in [0.717, 1.165) is 6.54 Å². The first-order chi connectivity index (χ1) is 9.24. The van der Waals surface area contributed by atoms with Gasteiger partial charge in [0.05, 0.1) is 6.54 Å². The van der Waals surface area contributed by atoms with Crippen LogP contribution in [0, 0.1) is 0 Å². The van der Waals surface area contributed by atoms with Crippen LogP contribution in [0.25, 0.3) is 0 Å². The summed E-state index contributed by atoms with van der Waals surface area (Å²) in [6, 6.07) is 0. The van der Waals surface area contributed by atoms with Crippen molar-refractivity contribution < 1.29 is 4.79 Å². The second kappa shape index (κ2) is 7.20. The maximum atomic E-state index is 11.7.